The molecule has 0 aliphatic rings. The topological polar surface area (TPSA) is 55.4 Å². The van der Waals surface area contributed by atoms with E-state index in [9.17, 15) is 4.79 Å². The summed E-state index contributed by atoms with van der Waals surface area (Å²) in [6.07, 6.45) is 4.74. The van der Waals surface area contributed by atoms with Gasteiger partial charge in [-0.2, -0.15) is 4.99 Å². The highest BCUT2D eigenvalue weighted by Crippen LogP contribution is 2.02. The maximum Gasteiger partial charge on any atom is 0.242 e. The molecule has 0 saturated heterocycles. The number of hydrogen-bond donors (Lipinski definition) is 1. The van der Waals surface area contributed by atoms with Crippen molar-refractivity contribution >= 4 is 19.0 Å². The lowest BCUT2D eigenvalue weighted by atomic mass is 9.68. The van der Waals surface area contributed by atoms with Gasteiger partial charge < -0.3 is 5.73 Å². The van der Waals surface area contributed by atoms with Crippen LogP contribution in [0, 0.1) is 0 Å². The summed E-state index contributed by atoms with van der Waals surface area (Å²) in [5.41, 5.74) is 5.43. The van der Waals surface area contributed by atoms with Gasteiger partial charge >= 0.3 is 0 Å². The fraction of sp³-hybridized carbons (Fsp3) is 0.333. The van der Waals surface area contributed by atoms with Crippen molar-refractivity contribution in [2.24, 2.45) is 10.7 Å². The Kier molecular flexibility index (Phi) is 5.60. The predicted octanol–water partition coefficient (Wildman–Crippen LogP) is 1.17. The quantitative estimate of drug-likeness (QED) is 0.303. The SMILES string of the molecule is C=C/C=C\C(N)=NC(=O)C(C)[B]C. The highest BCUT2D eigenvalue weighted by atomic mass is 16.1. The van der Waals surface area contributed by atoms with Crippen molar-refractivity contribution in [3.05, 3.63) is 24.8 Å². The number of nitrogens with two attached hydrogens (primary N) is 1. The summed E-state index contributed by atoms with van der Waals surface area (Å²) in [6, 6.07) is 0. The standard InChI is InChI=1S/C9H14BN2O/c1-4-5-6-8(11)12-9(13)7(2)10-3/h4-7H,1H2,2-3H3,(H2,11,12,13)/b6-5-. The van der Waals surface area contributed by atoms with Crippen LogP contribution in [0.25, 0.3) is 0 Å². The van der Waals surface area contributed by atoms with Gasteiger partial charge in [0.05, 0.1) is 0 Å². The van der Waals surface area contributed by atoms with Crippen LogP contribution in [0.2, 0.25) is 12.6 Å². The smallest absolute Gasteiger partial charge is 0.242 e. The molecule has 4 heteroatoms. The van der Waals surface area contributed by atoms with Gasteiger partial charge in [0.25, 0.3) is 0 Å². The van der Waals surface area contributed by atoms with Crippen molar-refractivity contribution in [1.82, 2.24) is 0 Å². The van der Waals surface area contributed by atoms with Crippen LogP contribution in [-0.2, 0) is 4.79 Å². The normalized spacial score (nSPS) is 14.2. The summed E-state index contributed by atoms with van der Waals surface area (Å²) in [5, 5.41) is 0. The Labute approximate surface area is 79.7 Å². The third-order valence-electron chi connectivity index (χ3n) is 1.53. The van der Waals surface area contributed by atoms with Gasteiger partial charge in [-0.05, 0) is 6.08 Å². The summed E-state index contributed by atoms with van der Waals surface area (Å²) in [4.78, 5) is 14.9. The number of hydrogen-bond acceptors (Lipinski definition) is 1. The van der Waals surface area contributed by atoms with Gasteiger partial charge in [-0.15, -0.1) is 0 Å². The van der Waals surface area contributed by atoms with Gasteiger partial charge in [0.2, 0.25) is 5.91 Å². The second-order valence-corrected chi connectivity index (χ2v) is 2.59. The van der Waals surface area contributed by atoms with E-state index in [-0.39, 0.29) is 17.6 Å². The fourth-order valence-electron chi connectivity index (χ4n) is 0.576. The molecule has 0 aliphatic carbocycles. The van der Waals surface area contributed by atoms with Gasteiger partial charge in [-0.1, -0.05) is 32.5 Å². The number of carbonyl (C=O) groups excluding carboxylic acids is 1. The molecule has 0 bridgehead atoms. The molecule has 3 nitrogen and oxygen atoms in total. The van der Waals surface area contributed by atoms with E-state index in [4.69, 9.17) is 5.73 Å². The van der Waals surface area contributed by atoms with Crippen LogP contribution in [-0.4, -0.2) is 19.0 Å². The third kappa shape index (κ3) is 5.01. The second-order valence-electron chi connectivity index (χ2n) is 2.59. The number of aliphatic imine (C=N–C) groups is 1. The van der Waals surface area contributed by atoms with E-state index < -0.39 is 0 Å². The molecule has 0 aromatic carbocycles. The molecule has 69 valence electrons. The summed E-state index contributed by atoms with van der Waals surface area (Å²) in [5.74, 6) is -0.206. The lowest BCUT2D eigenvalue weighted by Gasteiger charge is -2.00. The van der Waals surface area contributed by atoms with Crippen LogP contribution < -0.4 is 5.73 Å². The van der Waals surface area contributed by atoms with E-state index in [2.05, 4.69) is 11.6 Å². The number of nitrogens with zero attached hydrogens (tertiary/aromatic N) is 1. The van der Waals surface area contributed by atoms with Crippen molar-refractivity contribution in [1.29, 1.82) is 0 Å². The minimum atomic E-state index is -0.228. The average molecular weight is 177 g/mol. The second kappa shape index (κ2) is 6.23. The Morgan fingerprint density at radius 3 is 2.77 bits per heavy atom. The monoisotopic (exact) mass is 177 g/mol. The molecule has 1 atom stereocenters. The Morgan fingerprint density at radius 1 is 1.69 bits per heavy atom. The molecule has 0 heterocycles. The van der Waals surface area contributed by atoms with E-state index in [1.807, 2.05) is 6.82 Å². The molecular weight excluding hydrogens is 163 g/mol. The molecule has 0 saturated carbocycles. The van der Waals surface area contributed by atoms with E-state index in [1.54, 1.807) is 26.4 Å². The van der Waals surface area contributed by atoms with Crippen LogP contribution in [0.4, 0.5) is 0 Å². The molecule has 1 radical (unpaired) electrons. The maximum atomic E-state index is 11.2. The van der Waals surface area contributed by atoms with Crippen molar-refractivity contribution in [3.63, 3.8) is 0 Å². The number of carbonyl (C=O) groups is 1. The molecule has 13 heavy (non-hydrogen) atoms. The highest BCUT2D eigenvalue weighted by Gasteiger charge is 2.09. The Bertz CT molecular complexity index is 246. The van der Waals surface area contributed by atoms with Crippen LogP contribution in [0.3, 0.4) is 0 Å². The summed E-state index contributed by atoms with van der Waals surface area (Å²) >= 11 is 0. The Morgan fingerprint density at radius 2 is 2.31 bits per heavy atom. The first-order chi connectivity index (χ1) is 6.11. The molecule has 0 aromatic rings. The van der Waals surface area contributed by atoms with Crippen molar-refractivity contribution < 1.29 is 4.79 Å². The first kappa shape index (κ1) is 11.7. The molecule has 0 fully saturated rings. The largest absolute Gasteiger partial charge is 0.384 e. The van der Waals surface area contributed by atoms with E-state index >= 15 is 0 Å². The molecule has 2 N–H and O–H groups in total. The fourth-order valence-corrected chi connectivity index (χ4v) is 0.576. The maximum absolute atomic E-state index is 11.2. The lowest BCUT2D eigenvalue weighted by Crippen LogP contribution is -2.14. The summed E-state index contributed by atoms with van der Waals surface area (Å²) < 4.78 is 0. The van der Waals surface area contributed by atoms with Crippen molar-refractivity contribution in [2.45, 2.75) is 19.6 Å². The zero-order valence-electron chi connectivity index (χ0n) is 8.03. The average Bonchev–Trinajstić information content (AvgIpc) is 2.13. The van der Waals surface area contributed by atoms with Crippen molar-refractivity contribution in [2.75, 3.05) is 0 Å². The molecule has 0 aliphatic heterocycles. The van der Waals surface area contributed by atoms with Crippen LogP contribution in [0.15, 0.2) is 29.8 Å². The molecule has 1 amide bonds. The number of amidine groups is 1. The minimum Gasteiger partial charge on any atom is -0.384 e. The Hall–Kier alpha value is -1.32. The minimum absolute atomic E-state index is 0.185. The predicted molar refractivity (Wildman–Crippen MR) is 57.0 cm³/mol. The molecular formula is C9H14BN2O. The van der Waals surface area contributed by atoms with Gasteiger partial charge in [0, 0.05) is 5.82 Å². The first-order valence-electron chi connectivity index (χ1n) is 4.08. The third-order valence-corrected chi connectivity index (χ3v) is 1.53. The summed E-state index contributed by atoms with van der Waals surface area (Å²) in [6.45, 7) is 7.06. The van der Waals surface area contributed by atoms with Gasteiger partial charge in [0.15, 0.2) is 0 Å². The van der Waals surface area contributed by atoms with E-state index in [0.29, 0.717) is 0 Å². The molecule has 0 rings (SSSR count). The van der Waals surface area contributed by atoms with Crippen LogP contribution in [0.1, 0.15) is 6.92 Å². The van der Waals surface area contributed by atoms with E-state index in [0.717, 1.165) is 0 Å². The molecule has 1 unspecified atom stereocenters. The van der Waals surface area contributed by atoms with Gasteiger partial charge in [-0.3, -0.25) is 4.79 Å². The summed E-state index contributed by atoms with van der Waals surface area (Å²) in [7, 11) is 1.77. The highest BCUT2D eigenvalue weighted by molar-refractivity contribution is 6.42. The molecule has 0 aromatic heterocycles. The van der Waals surface area contributed by atoms with Crippen molar-refractivity contribution in [3.8, 4) is 0 Å². The van der Waals surface area contributed by atoms with Crippen LogP contribution in [0.5, 0.6) is 0 Å². The number of amides is 1. The van der Waals surface area contributed by atoms with Crippen LogP contribution >= 0.6 is 0 Å². The first-order valence-corrected chi connectivity index (χ1v) is 4.08. The number of allylic oxidation sites excluding steroid dienone is 2. The number of rotatable bonds is 4. The van der Waals surface area contributed by atoms with Gasteiger partial charge in [-0.25, -0.2) is 0 Å². The zero-order valence-corrected chi connectivity index (χ0v) is 8.03. The van der Waals surface area contributed by atoms with E-state index in [1.165, 1.54) is 6.08 Å². The van der Waals surface area contributed by atoms with Gasteiger partial charge in [0.1, 0.15) is 13.1 Å². The Balaban J connectivity index is 4.29. The molecule has 0 spiro atoms. The lowest BCUT2D eigenvalue weighted by molar-refractivity contribution is -0.117. The zero-order chi connectivity index (χ0) is 10.3.